The van der Waals surface area contributed by atoms with E-state index in [1.54, 1.807) is 0 Å². The predicted octanol–water partition coefficient (Wildman–Crippen LogP) is 1.93. The van der Waals surface area contributed by atoms with Crippen LogP contribution in [0.3, 0.4) is 0 Å². The molecule has 0 spiro atoms. The maximum absolute atomic E-state index is 11.1. The summed E-state index contributed by atoms with van der Waals surface area (Å²) in [7, 11) is 0. The van der Waals surface area contributed by atoms with Crippen molar-refractivity contribution >= 4 is 5.78 Å². The van der Waals surface area contributed by atoms with Crippen LogP contribution in [0.15, 0.2) is 11.6 Å². The van der Waals surface area contributed by atoms with Crippen LogP contribution in [-0.2, 0) is 4.79 Å². The van der Waals surface area contributed by atoms with Gasteiger partial charge in [0.25, 0.3) is 0 Å². The van der Waals surface area contributed by atoms with Gasteiger partial charge in [-0.1, -0.05) is 19.9 Å². The lowest BCUT2D eigenvalue weighted by atomic mass is 9.48. The second-order valence-electron chi connectivity index (χ2n) is 5.26. The lowest BCUT2D eigenvalue weighted by Crippen LogP contribution is -2.50. The third-order valence-corrected chi connectivity index (χ3v) is 4.21. The molecule has 2 nitrogen and oxygen atoms in total. The molecule has 0 heterocycles. The van der Waals surface area contributed by atoms with Crippen molar-refractivity contribution in [3.63, 3.8) is 0 Å². The fraction of sp³-hybridized carbons (Fsp3) is 0.750. The summed E-state index contributed by atoms with van der Waals surface area (Å²) in [5, 5.41) is 9.76. The summed E-state index contributed by atoms with van der Waals surface area (Å²) in [6.45, 7) is 5.95. The Kier molecular flexibility index (Phi) is 2.07. The Morgan fingerprint density at radius 2 is 2.29 bits per heavy atom. The minimum Gasteiger partial charge on any atom is -0.381 e. The summed E-state index contributed by atoms with van der Waals surface area (Å²) in [6.07, 6.45) is 3.42. The van der Waals surface area contributed by atoms with Gasteiger partial charge in [-0.05, 0) is 42.6 Å². The molecule has 2 heteroatoms. The number of hydrogen-bond acceptors (Lipinski definition) is 2. The second-order valence-corrected chi connectivity index (χ2v) is 5.26. The molecule has 1 fully saturated rings. The first-order valence-electron chi connectivity index (χ1n) is 5.33. The second kappa shape index (κ2) is 2.93. The van der Waals surface area contributed by atoms with E-state index in [2.05, 4.69) is 19.9 Å². The van der Waals surface area contributed by atoms with Gasteiger partial charge in [0.1, 0.15) is 6.10 Å². The predicted molar refractivity (Wildman–Crippen MR) is 54.8 cm³/mol. The molecule has 3 atom stereocenters. The third kappa shape index (κ3) is 1.17. The Morgan fingerprint density at radius 1 is 1.64 bits per heavy atom. The van der Waals surface area contributed by atoms with Crippen LogP contribution in [0.1, 0.15) is 33.6 Å². The van der Waals surface area contributed by atoms with E-state index in [1.165, 1.54) is 6.92 Å². The van der Waals surface area contributed by atoms with Crippen molar-refractivity contribution in [1.29, 1.82) is 0 Å². The van der Waals surface area contributed by atoms with Crippen LogP contribution in [0.5, 0.6) is 0 Å². The van der Waals surface area contributed by atoms with Crippen molar-refractivity contribution in [3.05, 3.63) is 11.6 Å². The molecule has 0 aromatic heterocycles. The zero-order chi connectivity index (χ0) is 10.5. The number of carbonyl (C=O) groups excluding carboxylic acids is 1. The minimum atomic E-state index is -0.847. The van der Waals surface area contributed by atoms with Gasteiger partial charge >= 0.3 is 0 Å². The number of aliphatic hydroxyl groups is 1. The largest absolute Gasteiger partial charge is 0.381 e. The first kappa shape index (κ1) is 9.91. The molecule has 0 amide bonds. The van der Waals surface area contributed by atoms with Gasteiger partial charge in [-0.2, -0.15) is 0 Å². The van der Waals surface area contributed by atoms with Crippen LogP contribution in [0.4, 0.5) is 0 Å². The normalized spacial score (nSPS) is 35.6. The number of Topliss-reactive ketones (excluding diaryl/α,β-unsaturated/α-hetero) is 1. The molecule has 0 saturated heterocycles. The minimum absolute atomic E-state index is 0.127. The van der Waals surface area contributed by atoms with E-state index in [0.717, 1.165) is 24.3 Å². The highest BCUT2D eigenvalue weighted by Gasteiger charge is 2.52. The van der Waals surface area contributed by atoms with Gasteiger partial charge in [-0.3, -0.25) is 4.79 Å². The number of allylic oxidation sites excluding steroid dienone is 1. The summed E-state index contributed by atoms with van der Waals surface area (Å²) in [5.74, 6) is 1.06. The lowest BCUT2D eigenvalue weighted by molar-refractivity contribution is -0.125. The monoisotopic (exact) mass is 194 g/mol. The summed E-state index contributed by atoms with van der Waals surface area (Å²) in [4.78, 5) is 11.1. The highest BCUT2D eigenvalue weighted by Crippen LogP contribution is 2.59. The van der Waals surface area contributed by atoms with E-state index in [1.807, 2.05) is 0 Å². The number of carbonyl (C=O) groups is 1. The van der Waals surface area contributed by atoms with Crippen LogP contribution in [0, 0.1) is 17.3 Å². The standard InChI is InChI=1S/C12H18O2/c1-7(13)11(14)9-5-4-8-6-10(9)12(8,2)3/h5,8,10-11,14H,4,6H2,1-3H3/t8-,10-,11+/m0/s1. The van der Waals surface area contributed by atoms with Gasteiger partial charge in [-0.15, -0.1) is 0 Å². The Balaban J connectivity index is 2.22. The van der Waals surface area contributed by atoms with Gasteiger partial charge < -0.3 is 5.11 Å². The van der Waals surface area contributed by atoms with Crippen LogP contribution in [0.2, 0.25) is 0 Å². The van der Waals surface area contributed by atoms with Crippen molar-refractivity contribution in [2.45, 2.75) is 39.7 Å². The summed E-state index contributed by atoms with van der Waals surface area (Å²) in [6, 6.07) is 0. The molecule has 0 aromatic rings. The van der Waals surface area contributed by atoms with E-state index in [-0.39, 0.29) is 5.78 Å². The SMILES string of the molecule is CC(=O)[C@@H](O)C1=CC[C@H]2C[C@@H]1C2(C)C. The molecule has 3 aliphatic rings. The Morgan fingerprint density at radius 3 is 2.71 bits per heavy atom. The van der Waals surface area contributed by atoms with E-state index in [9.17, 15) is 9.90 Å². The molecular formula is C12H18O2. The highest BCUT2D eigenvalue weighted by atomic mass is 16.3. The Hall–Kier alpha value is -0.630. The lowest BCUT2D eigenvalue weighted by Gasteiger charge is -2.57. The van der Waals surface area contributed by atoms with Crippen LogP contribution < -0.4 is 0 Å². The number of fused-ring (bicyclic) bond motifs is 1. The molecule has 78 valence electrons. The van der Waals surface area contributed by atoms with Crippen molar-refractivity contribution in [1.82, 2.24) is 0 Å². The zero-order valence-corrected chi connectivity index (χ0v) is 9.08. The summed E-state index contributed by atoms with van der Waals surface area (Å²) in [5.41, 5.74) is 1.27. The Bertz CT molecular complexity index is 301. The van der Waals surface area contributed by atoms with Gasteiger partial charge in [0.15, 0.2) is 5.78 Å². The van der Waals surface area contributed by atoms with Crippen molar-refractivity contribution in [2.75, 3.05) is 0 Å². The van der Waals surface area contributed by atoms with Crippen molar-refractivity contribution in [3.8, 4) is 0 Å². The fourth-order valence-corrected chi connectivity index (χ4v) is 2.94. The van der Waals surface area contributed by atoms with Crippen molar-refractivity contribution in [2.24, 2.45) is 17.3 Å². The molecule has 0 aromatic carbocycles. The average Bonchev–Trinajstić information content (AvgIpc) is 2.16. The molecule has 1 saturated carbocycles. The maximum Gasteiger partial charge on any atom is 0.162 e. The van der Waals surface area contributed by atoms with Gasteiger partial charge in [0, 0.05) is 0 Å². The molecule has 14 heavy (non-hydrogen) atoms. The maximum atomic E-state index is 11.1. The van der Waals surface area contributed by atoms with E-state index >= 15 is 0 Å². The number of hydrogen-bond donors (Lipinski definition) is 1. The first-order chi connectivity index (χ1) is 6.44. The summed E-state index contributed by atoms with van der Waals surface area (Å²) < 4.78 is 0. The van der Waals surface area contributed by atoms with Crippen LogP contribution in [0.25, 0.3) is 0 Å². The summed E-state index contributed by atoms with van der Waals surface area (Å²) >= 11 is 0. The molecule has 3 aliphatic carbocycles. The fourth-order valence-electron chi connectivity index (χ4n) is 2.94. The number of ketones is 1. The molecular weight excluding hydrogens is 176 g/mol. The van der Waals surface area contributed by atoms with Gasteiger partial charge in [-0.25, -0.2) is 0 Å². The average molecular weight is 194 g/mol. The molecule has 2 bridgehead atoms. The molecule has 0 radical (unpaired) electrons. The smallest absolute Gasteiger partial charge is 0.162 e. The number of rotatable bonds is 2. The highest BCUT2D eigenvalue weighted by molar-refractivity contribution is 5.83. The first-order valence-corrected chi connectivity index (χ1v) is 5.33. The molecule has 0 aliphatic heterocycles. The topological polar surface area (TPSA) is 37.3 Å². The van der Waals surface area contributed by atoms with E-state index in [4.69, 9.17) is 0 Å². The van der Waals surface area contributed by atoms with Crippen molar-refractivity contribution < 1.29 is 9.90 Å². The van der Waals surface area contributed by atoms with Crippen LogP contribution in [-0.4, -0.2) is 17.0 Å². The quantitative estimate of drug-likeness (QED) is 0.682. The Labute approximate surface area is 85.0 Å². The van der Waals surface area contributed by atoms with Gasteiger partial charge in [0.2, 0.25) is 0 Å². The third-order valence-electron chi connectivity index (χ3n) is 4.21. The van der Waals surface area contributed by atoms with E-state index < -0.39 is 6.10 Å². The van der Waals surface area contributed by atoms with Gasteiger partial charge in [0.05, 0.1) is 0 Å². The molecule has 1 N–H and O–H groups in total. The zero-order valence-electron chi connectivity index (χ0n) is 9.08. The van der Waals surface area contributed by atoms with Crippen LogP contribution >= 0.6 is 0 Å². The van der Waals surface area contributed by atoms with E-state index in [0.29, 0.717) is 11.3 Å². The molecule has 0 unspecified atom stereocenters. The number of aliphatic hydroxyl groups excluding tert-OH is 1. The molecule has 3 rings (SSSR count).